The van der Waals surface area contributed by atoms with E-state index in [0.29, 0.717) is 17.5 Å². The molecule has 8 aromatic carbocycles. The molecule has 0 radical (unpaired) electrons. The van der Waals surface area contributed by atoms with Gasteiger partial charge in [-0.05, 0) is 65.7 Å². The maximum absolute atomic E-state index is 6.68. The first kappa shape index (κ1) is 31.5. The zero-order valence-electron chi connectivity index (χ0n) is 30.4. The quantitative estimate of drug-likeness (QED) is 0.176. The van der Waals surface area contributed by atoms with Gasteiger partial charge in [0.1, 0.15) is 22.3 Å². The minimum Gasteiger partial charge on any atom is -0.456 e. The van der Waals surface area contributed by atoms with Gasteiger partial charge >= 0.3 is 0 Å². The SMILES string of the molecule is c1ccc(-c2nc(-c3ccc4c(c3)oc3cccc(-c5cccc6c5c5ccccc5n6-c5ccccc5)c34)nc(-c3cccc4c3oc3ccccc34)n2)cc1. The lowest BCUT2D eigenvalue weighted by atomic mass is 9.95. The van der Waals surface area contributed by atoms with Crippen LogP contribution in [0.15, 0.2) is 191 Å². The topological polar surface area (TPSA) is 69.9 Å². The molecule has 0 fully saturated rings. The molecule has 0 aliphatic carbocycles. The summed E-state index contributed by atoms with van der Waals surface area (Å²) in [6.45, 7) is 0. The number of hydrogen-bond acceptors (Lipinski definition) is 5. The van der Waals surface area contributed by atoms with Gasteiger partial charge < -0.3 is 13.4 Å². The third kappa shape index (κ3) is 4.87. The van der Waals surface area contributed by atoms with Gasteiger partial charge in [0.15, 0.2) is 17.5 Å². The molecule has 0 aliphatic rings. The number of hydrogen-bond donors (Lipinski definition) is 0. The van der Waals surface area contributed by atoms with Gasteiger partial charge in [-0.25, -0.2) is 15.0 Å². The fraction of sp³-hybridized carbons (Fsp3) is 0. The number of rotatable bonds is 5. The number of aromatic nitrogens is 4. The number of para-hydroxylation sites is 4. The lowest BCUT2D eigenvalue weighted by molar-refractivity contribution is 0.668. The molecule has 12 aromatic rings. The van der Waals surface area contributed by atoms with Crippen molar-refractivity contribution in [1.82, 2.24) is 19.5 Å². The van der Waals surface area contributed by atoms with Crippen LogP contribution in [0.1, 0.15) is 0 Å². The Kier molecular flexibility index (Phi) is 6.83. The van der Waals surface area contributed by atoms with Gasteiger partial charge in [0, 0.05) is 49.1 Å². The molecule has 0 amide bonds. The summed E-state index contributed by atoms with van der Waals surface area (Å²) in [5.41, 5.74) is 11.4. The minimum absolute atomic E-state index is 0.540. The van der Waals surface area contributed by atoms with Crippen molar-refractivity contribution in [3.8, 4) is 51.0 Å². The van der Waals surface area contributed by atoms with Crippen molar-refractivity contribution in [2.24, 2.45) is 0 Å². The average molecular weight is 731 g/mol. The Bertz CT molecular complexity index is 3530. The molecule has 0 saturated heterocycles. The molecule has 6 nitrogen and oxygen atoms in total. The number of furan rings is 2. The highest BCUT2D eigenvalue weighted by atomic mass is 16.3. The van der Waals surface area contributed by atoms with Gasteiger partial charge in [-0.1, -0.05) is 127 Å². The third-order valence-corrected chi connectivity index (χ3v) is 11.1. The molecule has 0 aliphatic heterocycles. The fourth-order valence-corrected chi connectivity index (χ4v) is 8.55. The lowest BCUT2D eigenvalue weighted by Gasteiger charge is -2.10. The van der Waals surface area contributed by atoms with Crippen molar-refractivity contribution in [3.05, 3.63) is 182 Å². The van der Waals surface area contributed by atoms with Crippen molar-refractivity contribution in [1.29, 1.82) is 0 Å². The normalized spacial score (nSPS) is 11.9. The van der Waals surface area contributed by atoms with Crippen molar-refractivity contribution in [3.63, 3.8) is 0 Å². The Morgan fingerprint density at radius 2 is 0.965 bits per heavy atom. The van der Waals surface area contributed by atoms with Crippen molar-refractivity contribution in [2.75, 3.05) is 0 Å². The highest BCUT2D eigenvalue weighted by Gasteiger charge is 2.21. The van der Waals surface area contributed by atoms with E-state index in [1.807, 2.05) is 60.7 Å². The van der Waals surface area contributed by atoms with Crippen LogP contribution in [0.5, 0.6) is 0 Å². The maximum atomic E-state index is 6.68. The molecule has 0 spiro atoms. The van der Waals surface area contributed by atoms with Crippen LogP contribution in [-0.4, -0.2) is 19.5 Å². The Morgan fingerprint density at radius 3 is 1.82 bits per heavy atom. The van der Waals surface area contributed by atoms with Crippen LogP contribution < -0.4 is 0 Å². The molecule has 6 heteroatoms. The maximum Gasteiger partial charge on any atom is 0.167 e. The average Bonchev–Trinajstić information content (AvgIpc) is 3.96. The van der Waals surface area contributed by atoms with E-state index in [1.54, 1.807) is 0 Å². The van der Waals surface area contributed by atoms with E-state index in [1.165, 1.54) is 16.3 Å². The van der Waals surface area contributed by atoms with Crippen LogP contribution in [0, 0.1) is 0 Å². The molecule has 0 bridgehead atoms. The second-order valence-electron chi connectivity index (χ2n) is 14.3. The molecule has 0 atom stereocenters. The van der Waals surface area contributed by atoms with Gasteiger partial charge in [0.2, 0.25) is 0 Å². The number of fused-ring (bicyclic) bond motifs is 9. The molecule has 0 unspecified atom stereocenters. The summed E-state index contributed by atoms with van der Waals surface area (Å²) in [7, 11) is 0. The predicted molar refractivity (Wildman–Crippen MR) is 230 cm³/mol. The molecular weight excluding hydrogens is 701 g/mol. The van der Waals surface area contributed by atoms with Crippen LogP contribution in [-0.2, 0) is 0 Å². The van der Waals surface area contributed by atoms with Gasteiger partial charge in [-0.3, -0.25) is 0 Å². The van der Waals surface area contributed by atoms with Crippen LogP contribution in [0.2, 0.25) is 0 Å². The van der Waals surface area contributed by atoms with E-state index in [2.05, 4.69) is 126 Å². The zero-order chi connectivity index (χ0) is 37.5. The molecule has 57 heavy (non-hydrogen) atoms. The van der Waals surface area contributed by atoms with E-state index in [9.17, 15) is 0 Å². The van der Waals surface area contributed by atoms with Gasteiger partial charge in [0.25, 0.3) is 0 Å². The van der Waals surface area contributed by atoms with Gasteiger partial charge in [0.05, 0.1) is 16.6 Å². The fourth-order valence-electron chi connectivity index (χ4n) is 8.55. The second kappa shape index (κ2) is 12.3. The summed E-state index contributed by atoms with van der Waals surface area (Å²) < 4.78 is 15.5. The number of nitrogens with zero attached hydrogens (tertiary/aromatic N) is 4. The molecule has 4 heterocycles. The molecule has 12 rings (SSSR count). The summed E-state index contributed by atoms with van der Waals surface area (Å²) in [5, 5.41) is 6.59. The van der Waals surface area contributed by atoms with Gasteiger partial charge in [-0.15, -0.1) is 0 Å². The number of benzene rings is 8. The van der Waals surface area contributed by atoms with E-state index >= 15 is 0 Å². The summed E-state index contributed by atoms with van der Waals surface area (Å²) in [6, 6.07) is 62.7. The second-order valence-corrected chi connectivity index (χ2v) is 14.3. The van der Waals surface area contributed by atoms with E-state index < -0.39 is 0 Å². The van der Waals surface area contributed by atoms with Crippen LogP contribution in [0.3, 0.4) is 0 Å². The summed E-state index contributed by atoms with van der Waals surface area (Å²) in [6.07, 6.45) is 0. The Balaban J connectivity index is 1.05. The van der Waals surface area contributed by atoms with E-state index in [-0.39, 0.29) is 0 Å². The van der Waals surface area contributed by atoms with Crippen LogP contribution in [0.25, 0.3) is 117 Å². The summed E-state index contributed by atoms with van der Waals surface area (Å²) in [4.78, 5) is 15.2. The first-order valence-electron chi connectivity index (χ1n) is 19.0. The molecule has 0 N–H and O–H groups in total. The van der Waals surface area contributed by atoms with Crippen molar-refractivity contribution in [2.45, 2.75) is 0 Å². The molecule has 4 aromatic heterocycles. The first-order chi connectivity index (χ1) is 28.3. The predicted octanol–water partition coefficient (Wildman–Crippen LogP) is 13.4. The highest BCUT2D eigenvalue weighted by molar-refractivity contribution is 6.21. The lowest BCUT2D eigenvalue weighted by Crippen LogP contribution is -2.00. The van der Waals surface area contributed by atoms with Crippen molar-refractivity contribution < 1.29 is 8.83 Å². The van der Waals surface area contributed by atoms with Crippen LogP contribution in [0.4, 0.5) is 0 Å². The molecule has 266 valence electrons. The summed E-state index contributed by atoms with van der Waals surface area (Å²) in [5.74, 6) is 1.67. The smallest absolute Gasteiger partial charge is 0.167 e. The van der Waals surface area contributed by atoms with E-state index in [0.717, 1.165) is 82.9 Å². The Hall–Kier alpha value is -7.83. The Morgan fingerprint density at radius 1 is 0.351 bits per heavy atom. The monoisotopic (exact) mass is 730 g/mol. The molecular formula is C51H30N4O2. The third-order valence-electron chi connectivity index (χ3n) is 11.1. The largest absolute Gasteiger partial charge is 0.456 e. The summed E-state index contributed by atoms with van der Waals surface area (Å²) >= 11 is 0. The first-order valence-corrected chi connectivity index (χ1v) is 19.0. The highest BCUT2D eigenvalue weighted by Crippen LogP contribution is 2.44. The minimum atomic E-state index is 0.540. The molecule has 0 saturated carbocycles. The van der Waals surface area contributed by atoms with Gasteiger partial charge in [-0.2, -0.15) is 0 Å². The standard InChI is InChI=1S/C51H30N4O2/c1-3-14-31(15-4-1)49-52-50(54-51(53-49)40-23-11-22-37-34-18-8-10-26-43(34)57-48(37)40)32-28-29-39-45(30-32)56-44-27-13-21-36(47(39)44)35-20-12-25-42-46(35)38-19-7-9-24-41(38)55(42)33-16-5-2-6-17-33/h1-30H. The zero-order valence-corrected chi connectivity index (χ0v) is 30.4. The van der Waals surface area contributed by atoms with Crippen molar-refractivity contribution >= 4 is 65.7 Å². The van der Waals surface area contributed by atoms with Crippen LogP contribution >= 0.6 is 0 Å². The van der Waals surface area contributed by atoms with E-state index in [4.69, 9.17) is 23.8 Å². The Labute approximate surface area is 325 Å².